The van der Waals surface area contributed by atoms with Crippen LogP contribution in [0.4, 0.5) is 0 Å². The van der Waals surface area contributed by atoms with E-state index in [1.807, 2.05) is 0 Å². The zero-order valence-electron chi connectivity index (χ0n) is 7.16. The summed E-state index contributed by atoms with van der Waals surface area (Å²) in [5.41, 5.74) is 1.39. The Hall–Kier alpha value is -0.380. The van der Waals surface area contributed by atoms with E-state index in [1.54, 1.807) is 0 Å². The van der Waals surface area contributed by atoms with Crippen LogP contribution in [0.25, 0.3) is 0 Å². The van der Waals surface area contributed by atoms with Crippen LogP contribution in [-0.4, -0.2) is 10.5 Å². The van der Waals surface area contributed by atoms with E-state index in [0.29, 0.717) is 5.92 Å². The molecular weight excluding hydrogens is 220 g/mol. The van der Waals surface area contributed by atoms with Crippen LogP contribution in [0.2, 0.25) is 0 Å². The van der Waals surface area contributed by atoms with Crippen LogP contribution in [0.1, 0.15) is 25.3 Å². The molecule has 0 aliphatic rings. The Labute approximate surface area is 80.9 Å². The smallest absolute Gasteiger partial charge is 0.0175 e. The summed E-state index contributed by atoms with van der Waals surface area (Å²) in [6, 6.07) is 8.45. The maximum Gasteiger partial charge on any atom is 0.0175 e. The highest BCUT2D eigenvalue weighted by Crippen LogP contribution is 2.16. The standard InChI is InChI=1S/C9H11Br.H2O2/c1-7(2)8-3-5-9(10)6-4-8;1-2/h3-7H,1-2H3;1-2H. The van der Waals surface area contributed by atoms with Gasteiger partial charge in [-0.2, -0.15) is 0 Å². The number of halogens is 1. The fourth-order valence-corrected chi connectivity index (χ4v) is 1.11. The average molecular weight is 233 g/mol. The van der Waals surface area contributed by atoms with E-state index in [-0.39, 0.29) is 0 Å². The maximum atomic E-state index is 6.00. The Morgan fingerprint density at radius 3 is 1.83 bits per heavy atom. The van der Waals surface area contributed by atoms with Crippen molar-refractivity contribution in [1.29, 1.82) is 0 Å². The second kappa shape index (κ2) is 6.17. The van der Waals surface area contributed by atoms with Crippen molar-refractivity contribution in [3.63, 3.8) is 0 Å². The van der Waals surface area contributed by atoms with Crippen molar-refractivity contribution in [2.45, 2.75) is 19.8 Å². The van der Waals surface area contributed by atoms with E-state index < -0.39 is 0 Å². The maximum absolute atomic E-state index is 6.00. The van der Waals surface area contributed by atoms with Gasteiger partial charge in [-0.1, -0.05) is 41.9 Å². The van der Waals surface area contributed by atoms with Crippen molar-refractivity contribution >= 4 is 15.9 Å². The molecule has 68 valence electrons. The first kappa shape index (κ1) is 11.6. The first-order valence-electron chi connectivity index (χ1n) is 3.65. The highest BCUT2D eigenvalue weighted by molar-refractivity contribution is 9.10. The molecule has 0 heterocycles. The zero-order valence-corrected chi connectivity index (χ0v) is 8.75. The van der Waals surface area contributed by atoms with E-state index in [2.05, 4.69) is 54.0 Å². The van der Waals surface area contributed by atoms with Crippen LogP contribution in [0, 0.1) is 0 Å². The fraction of sp³-hybridized carbons (Fsp3) is 0.333. The third-order valence-electron chi connectivity index (χ3n) is 1.54. The molecule has 0 aliphatic carbocycles. The molecule has 2 nitrogen and oxygen atoms in total. The summed E-state index contributed by atoms with van der Waals surface area (Å²) < 4.78 is 1.15. The zero-order chi connectivity index (χ0) is 9.56. The molecule has 0 saturated heterocycles. The minimum Gasteiger partial charge on any atom is -0.255 e. The van der Waals surface area contributed by atoms with Crippen LogP contribution < -0.4 is 0 Å². The molecule has 0 aliphatic heterocycles. The number of hydrogen-bond acceptors (Lipinski definition) is 2. The monoisotopic (exact) mass is 232 g/mol. The van der Waals surface area contributed by atoms with Gasteiger partial charge in [-0.05, 0) is 23.6 Å². The molecule has 1 aromatic carbocycles. The van der Waals surface area contributed by atoms with Crippen molar-refractivity contribution < 1.29 is 10.5 Å². The fourth-order valence-electron chi connectivity index (χ4n) is 0.848. The van der Waals surface area contributed by atoms with Crippen molar-refractivity contribution in [3.8, 4) is 0 Å². The molecule has 1 aromatic rings. The molecule has 1 rings (SSSR count). The topological polar surface area (TPSA) is 40.5 Å². The Bertz CT molecular complexity index is 206. The van der Waals surface area contributed by atoms with Crippen LogP contribution in [0.5, 0.6) is 0 Å². The quantitative estimate of drug-likeness (QED) is 0.574. The van der Waals surface area contributed by atoms with E-state index >= 15 is 0 Å². The Kier molecular flexibility index (Phi) is 5.98. The highest BCUT2D eigenvalue weighted by atomic mass is 79.9. The van der Waals surface area contributed by atoms with Crippen LogP contribution in [0.15, 0.2) is 28.7 Å². The molecule has 0 bridgehead atoms. The van der Waals surface area contributed by atoms with Gasteiger partial charge in [0.2, 0.25) is 0 Å². The molecule has 0 fully saturated rings. The summed E-state index contributed by atoms with van der Waals surface area (Å²) in [5.74, 6) is 0.632. The molecule has 0 atom stereocenters. The summed E-state index contributed by atoms with van der Waals surface area (Å²) >= 11 is 3.39. The van der Waals surface area contributed by atoms with E-state index in [0.717, 1.165) is 4.47 Å². The van der Waals surface area contributed by atoms with Gasteiger partial charge in [-0.25, -0.2) is 0 Å². The van der Waals surface area contributed by atoms with Gasteiger partial charge >= 0.3 is 0 Å². The van der Waals surface area contributed by atoms with Crippen LogP contribution in [0.3, 0.4) is 0 Å². The second-order valence-electron chi connectivity index (χ2n) is 2.71. The van der Waals surface area contributed by atoms with Crippen molar-refractivity contribution in [3.05, 3.63) is 34.3 Å². The average Bonchev–Trinajstić information content (AvgIpc) is 2.09. The molecule has 0 aromatic heterocycles. The number of hydrogen-bond donors (Lipinski definition) is 2. The minimum absolute atomic E-state index is 0.632. The predicted octanol–water partition coefficient (Wildman–Crippen LogP) is 3.59. The lowest BCUT2D eigenvalue weighted by atomic mass is 10.0. The summed E-state index contributed by atoms with van der Waals surface area (Å²) in [4.78, 5) is 0. The van der Waals surface area contributed by atoms with Gasteiger partial charge < -0.3 is 0 Å². The van der Waals surface area contributed by atoms with Crippen molar-refractivity contribution in [2.24, 2.45) is 0 Å². The van der Waals surface area contributed by atoms with Gasteiger partial charge in [0.15, 0.2) is 0 Å². The first-order valence-corrected chi connectivity index (χ1v) is 4.45. The summed E-state index contributed by atoms with van der Waals surface area (Å²) in [7, 11) is 0. The molecule has 12 heavy (non-hydrogen) atoms. The molecular formula is C9H13BrO2. The van der Waals surface area contributed by atoms with Gasteiger partial charge in [0.1, 0.15) is 0 Å². The van der Waals surface area contributed by atoms with Gasteiger partial charge in [-0.15, -0.1) is 0 Å². The van der Waals surface area contributed by atoms with E-state index in [1.165, 1.54) is 5.56 Å². The third kappa shape index (κ3) is 3.85. The van der Waals surface area contributed by atoms with E-state index in [9.17, 15) is 0 Å². The lowest BCUT2D eigenvalue weighted by Crippen LogP contribution is -1.84. The number of benzene rings is 1. The lowest BCUT2D eigenvalue weighted by molar-refractivity contribution is -0.176. The Balaban J connectivity index is 0.000000561. The molecule has 2 N–H and O–H groups in total. The predicted molar refractivity (Wildman–Crippen MR) is 53.5 cm³/mol. The second-order valence-corrected chi connectivity index (χ2v) is 3.62. The summed E-state index contributed by atoms with van der Waals surface area (Å²) in [6.07, 6.45) is 0. The minimum atomic E-state index is 0.632. The van der Waals surface area contributed by atoms with Crippen molar-refractivity contribution in [2.75, 3.05) is 0 Å². The van der Waals surface area contributed by atoms with E-state index in [4.69, 9.17) is 10.5 Å². The van der Waals surface area contributed by atoms with Gasteiger partial charge in [0.25, 0.3) is 0 Å². The molecule has 0 unspecified atom stereocenters. The number of rotatable bonds is 1. The van der Waals surface area contributed by atoms with Gasteiger partial charge in [0, 0.05) is 4.47 Å². The lowest BCUT2D eigenvalue weighted by Gasteiger charge is -2.03. The van der Waals surface area contributed by atoms with Gasteiger partial charge in [-0.3, -0.25) is 10.5 Å². The van der Waals surface area contributed by atoms with Crippen LogP contribution >= 0.6 is 15.9 Å². The summed E-state index contributed by atoms with van der Waals surface area (Å²) in [5, 5.41) is 12.0. The highest BCUT2D eigenvalue weighted by Gasteiger charge is 1.95. The Morgan fingerprint density at radius 1 is 1.08 bits per heavy atom. The van der Waals surface area contributed by atoms with Crippen molar-refractivity contribution in [1.82, 2.24) is 0 Å². The van der Waals surface area contributed by atoms with Crippen LogP contribution in [-0.2, 0) is 0 Å². The molecule has 0 saturated carbocycles. The first-order chi connectivity index (χ1) is 5.70. The normalized spacial score (nSPS) is 9.17. The molecule has 0 spiro atoms. The molecule has 0 amide bonds. The third-order valence-corrected chi connectivity index (χ3v) is 2.07. The SMILES string of the molecule is CC(C)c1ccc(Br)cc1.OO. The van der Waals surface area contributed by atoms with Gasteiger partial charge in [0.05, 0.1) is 0 Å². The largest absolute Gasteiger partial charge is 0.255 e. The molecule has 0 radical (unpaired) electrons. The summed E-state index contributed by atoms with van der Waals surface area (Å²) in [6.45, 7) is 4.40. The Morgan fingerprint density at radius 2 is 1.50 bits per heavy atom. The molecule has 3 heteroatoms.